The third-order valence-electron chi connectivity index (χ3n) is 1.56. The Labute approximate surface area is 105 Å². The van der Waals surface area contributed by atoms with Gasteiger partial charge in [0.15, 0.2) is 0 Å². The molecule has 0 spiro atoms. The monoisotopic (exact) mass is 328 g/mol. The van der Waals surface area contributed by atoms with Crippen LogP contribution in [0.2, 0.25) is 0 Å². The average Bonchev–Trinajstić information content (AvgIpc) is 2.29. The van der Waals surface area contributed by atoms with Gasteiger partial charge in [-0.1, -0.05) is 0 Å². The molecule has 1 nitrogen and oxygen atoms in total. The average molecular weight is 330 g/mol. The second-order valence-corrected chi connectivity index (χ2v) is 2.60. The normalized spacial score (nSPS) is 9.13. The minimum absolute atomic E-state index is 0.206. The van der Waals surface area contributed by atoms with Crippen LogP contribution in [0.4, 0.5) is 8.78 Å². The van der Waals surface area contributed by atoms with Gasteiger partial charge in [0.25, 0.3) is 0 Å². The quantitative estimate of drug-likeness (QED) is 0.455. The van der Waals surface area contributed by atoms with Crippen molar-refractivity contribution in [3.8, 4) is 5.75 Å². The first-order valence-corrected chi connectivity index (χ1v) is 11.4. The molecule has 0 aliphatic heterocycles. The third kappa shape index (κ3) is 6.96. The molecule has 15 heavy (non-hydrogen) atoms. The molecular formula is C10H11BrF2OZn. The van der Waals surface area contributed by atoms with Crippen molar-refractivity contribution in [3.05, 3.63) is 30.1 Å². The summed E-state index contributed by atoms with van der Waals surface area (Å²) in [4.78, 5) is 0. The van der Waals surface area contributed by atoms with Gasteiger partial charge in [-0.25, -0.2) is 0 Å². The molecule has 0 aliphatic rings. The molecule has 0 bridgehead atoms. The molecule has 1 rings (SSSR count). The number of ether oxygens (including phenoxy) is 1. The number of rotatable bonds is 5. The number of benzene rings is 1. The van der Waals surface area contributed by atoms with Crippen LogP contribution in [-0.2, 0) is 16.3 Å². The number of hydrogen-bond acceptors (Lipinski definition) is 1. The van der Waals surface area contributed by atoms with Crippen LogP contribution < -0.4 is 4.74 Å². The van der Waals surface area contributed by atoms with Crippen LogP contribution in [0, 0.1) is 11.9 Å². The summed E-state index contributed by atoms with van der Waals surface area (Å²) in [6.45, 7) is -0.000731. The molecule has 0 saturated heterocycles. The van der Waals surface area contributed by atoms with Gasteiger partial charge in [0, 0.05) is 11.6 Å². The van der Waals surface area contributed by atoms with Gasteiger partial charge >= 0.3 is 30.0 Å². The van der Waals surface area contributed by atoms with Crippen molar-refractivity contribution < 1.29 is 29.9 Å². The Kier molecular flexibility index (Phi) is 10.5. The minimum atomic E-state index is -0.428. The maximum atomic E-state index is 12.9. The van der Waals surface area contributed by atoms with E-state index in [1.54, 1.807) is 6.07 Å². The van der Waals surface area contributed by atoms with Crippen LogP contribution in [0.15, 0.2) is 18.2 Å². The molecule has 80 valence electrons. The van der Waals surface area contributed by atoms with E-state index in [1.807, 2.05) is 0 Å². The van der Waals surface area contributed by atoms with Gasteiger partial charge in [0.2, 0.25) is 0 Å². The second-order valence-electron chi connectivity index (χ2n) is 2.60. The van der Waals surface area contributed by atoms with Gasteiger partial charge in [-0.2, -0.15) is 12.1 Å². The predicted molar refractivity (Wildman–Crippen MR) is 54.9 cm³/mol. The van der Waals surface area contributed by atoms with Crippen LogP contribution in [0.25, 0.3) is 0 Å². The molecule has 0 heterocycles. The molecule has 0 aliphatic carbocycles. The summed E-state index contributed by atoms with van der Waals surface area (Å²) in [5.74, 6) is -0.222. The first-order valence-electron chi connectivity index (χ1n) is 4.45. The Balaban J connectivity index is 0.000000921. The topological polar surface area (TPSA) is 9.23 Å². The summed E-state index contributed by atoms with van der Waals surface area (Å²) >= 11 is 4.25. The molecule has 0 unspecified atom stereocenters. The van der Waals surface area contributed by atoms with E-state index in [9.17, 15) is 8.78 Å². The first-order chi connectivity index (χ1) is 7.34. The molecule has 0 fully saturated rings. The van der Waals surface area contributed by atoms with Gasteiger partial charge in [0.05, 0.1) is 13.3 Å². The standard InChI is InChI=1S/C10H11F2O.BrH.Zn/c11-7-3-4-8-13-10-6-2-1-5-9(10)12;;/h2,5-6H,3-4,7-8H2;1H;/q-1;;+2/p-1. The van der Waals surface area contributed by atoms with Gasteiger partial charge < -0.3 is 4.74 Å². The molecular weight excluding hydrogens is 319 g/mol. The van der Waals surface area contributed by atoms with E-state index in [-0.39, 0.29) is 12.4 Å². The van der Waals surface area contributed by atoms with Crippen LogP contribution in [0.3, 0.4) is 0 Å². The Bertz CT molecular complexity index is 261. The maximum absolute atomic E-state index is 12.9. The molecule has 0 amide bonds. The predicted octanol–water partition coefficient (Wildman–Crippen LogP) is 3.60. The molecule has 0 aromatic heterocycles. The summed E-state index contributed by atoms with van der Waals surface area (Å²) in [5.41, 5.74) is 0. The van der Waals surface area contributed by atoms with E-state index in [1.165, 1.54) is 28.5 Å². The molecule has 0 atom stereocenters. The van der Waals surface area contributed by atoms with Crippen LogP contribution in [-0.4, -0.2) is 13.3 Å². The molecule has 0 saturated carbocycles. The summed E-state index contributed by atoms with van der Waals surface area (Å²) in [6, 6.07) is 6.88. The zero-order valence-corrected chi connectivity index (χ0v) is 12.9. The van der Waals surface area contributed by atoms with Crippen LogP contribution in [0.5, 0.6) is 5.75 Å². The Hall–Kier alpha value is -0.0166. The van der Waals surface area contributed by atoms with Crippen molar-refractivity contribution in [1.82, 2.24) is 0 Å². The fraction of sp³-hybridized carbons (Fsp3) is 0.400. The Morgan fingerprint density at radius 1 is 1.40 bits per heavy atom. The van der Waals surface area contributed by atoms with Crippen molar-refractivity contribution in [3.63, 3.8) is 0 Å². The van der Waals surface area contributed by atoms with E-state index >= 15 is 0 Å². The Morgan fingerprint density at radius 2 is 2.13 bits per heavy atom. The molecule has 5 heteroatoms. The summed E-state index contributed by atoms with van der Waals surface area (Å²) in [5, 5.41) is 0. The van der Waals surface area contributed by atoms with Crippen molar-refractivity contribution in [1.29, 1.82) is 0 Å². The van der Waals surface area contributed by atoms with Crippen molar-refractivity contribution in [2.75, 3.05) is 13.3 Å². The van der Waals surface area contributed by atoms with Crippen molar-refractivity contribution in [2.45, 2.75) is 12.8 Å². The Morgan fingerprint density at radius 3 is 2.73 bits per heavy atom. The van der Waals surface area contributed by atoms with E-state index < -0.39 is 5.82 Å². The van der Waals surface area contributed by atoms with Gasteiger partial charge in [0.1, 0.15) is 0 Å². The number of halogens is 3. The van der Waals surface area contributed by atoms with Crippen LogP contribution in [0.1, 0.15) is 12.8 Å². The summed E-state index contributed by atoms with van der Waals surface area (Å²) in [7, 11) is 0. The van der Waals surface area contributed by atoms with E-state index in [0.717, 1.165) is 0 Å². The number of alkyl halides is 1. The van der Waals surface area contributed by atoms with E-state index in [2.05, 4.69) is 19.7 Å². The van der Waals surface area contributed by atoms with Gasteiger partial charge in [-0.05, 0) is 12.8 Å². The van der Waals surface area contributed by atoms with Crippen LogP contribution >= 0.6 is 13.6 Å². The number of unbranched alkanes of at least 4 members (excludes halogenated alkanes) is 1. The summed E-state index contributed by atoms with van der Waals surface area (Å²) in [6.07, 6.45) is 1.06. The van der Waals surface area contributed by atoms with E-state index in [0.29, 0.717) is 19.4 Å². The molecule has 0 radical (unpaired) electrons. The fourth-order valence-electron chi connectivity index (χ4n) is 0.892. The molecule has 0 N–H and O–H groups in total. The fourth-order valence-corrected chi connectivity index (χ4v) is 0.892. The van der Waals surface area contributed by atoms with E-state index in [4.69, 9.17) is 4.74 Å². The second kappa shape index (κ2) is 10.5. The zero-order valence-electron chi connectivity index (χ0n) is 8.31. The molecule has 1 aromatic rings. The first kappa shape index (κ1) is 15.0. The van der Waals surface area contributed by atoms with Crippen molar-refractivity contribution in [2.24, 2.45) is 0 Å². The van der Waals surface area contributed by atoms with Gasteiger partial charge in [-0.3, -0.25) is 8.78 Å². The molecule has 1 aromatic carbocycles. The zero-order chi connectivity index (χ0) is 11.5. The van der Waals surface area contributed by atoms with Gasteiger partial charge in [-0.15, -0.1) is 12.1 Å². The third-order valence-corrected chi connectivity index (χ3v) is 1.56. The SMILES string of the molecule is FCCCCOc1cc[c-]cc1F.[Zn+][Br]. The summed E-state index contributed by atoms with van der Waals surface area (Å²) < 4.78 is 29.6. The number of hydrogen-bond donors (Lipinski definition) is 0. The van der Waals surface area contributed by atoms with Crippen molar-refractivity contribution >= 4 is 13.6 Å².